The monoisotopic (exact) mass is 457 g/mol. The summed E-state index contributed by atoms with van der Waals surface area (Å²) in [5.41, 5.74) is 7.72. The van der Waals surface area contributed by atoms with Gasteiger partial charge in [-0.05, 0) is 55.7 Å². The van der Waals surface area contributed by atoms with Gasteiger partial charge in [-0.25, -0.2) is 0 Å². The number of hydrogen-bond acceptors (Lipinski definition) is 4. The Hall–Kier alpha value is -3.61. The van der Waals surface area contributed by atoms with Crippen molar-refractivity contribution in [3.8, 4) is 0 Å². The van der Waals surface area contributed by atoms with Crippen LogP contribution in [0, 0.1) is 20.8 Å². The number of rotatable bonds is 3. The molecule has 3 aromatic rings. The molecular formula is C27H31N5O2. The average Bonchev–Trinajstić information content (AvgIpc) is 3.28. The third kappa shape index (κ3) is 4.06. The standard InChI is InChI=1S/C27H31N5O2/c1-18-8-9-21(16-20(18)3)26(33)32-11-10-23-22(17-32)25(29-28-23)27(34)31-14-12-30(13-15-31)24-7-5-4-6-19(24)2/h4-9,16H,10-15,17H2,1-3H3,(H,28,29). The second-order valence-electron chi connectivity index (χ2n) is 9.37. The molecule has 7 heteroatoms. The zero-order chi connectivity index (χ0) is 23.8. The van der Waals surface area contributed by atoms with Crippen molar-refractivity contribution in [3.05, 3.63) is 81.7 Å². The first-order valence-electron chi connectivity index (χ1n) is 11.9. The van der Waals surface area contributed by atoms with Crippen LogP contribution in [-0.2, 0) is 13.0 Å². The summed E-state index contributed by atoms with van der Waals surface area (Å²) in [5.74, 6) is -0.0531. The maximum Gasteiger partial charge on any atom is 0.274 e. The van der Waals surface area contributed by atoms with Gasteiger partial charge in [-0.1, -0.05) is 24.3 Å². The van der Waals surface area contributed by atoms with Crippen molar-refractivity contribution in [2.45, 2.75) is 33.7 Å². The van der Waals surface area contributed by atoms with E-state index in [1.807, 2.05) is 47.9 Å². The lowest BCUT2D eigenvalue weighted by Gasteiger charge is -2.36. The zero-order valence-electron chi connectivity index (χ0n) is 20.1. The summed E-state index contributed by atoms with van der Waals surface area (Å²) < 4.78 is 0. The number of carbonyl (C=O) groups is 2. The molecule has 0 aliphatic carbocycles. The van der Waals surface area contributed by atoms with Gasteiger partial charge in [0, 0.05) is 61.7 Å². The van der Waals surface area contributed by atoms with Gasteiger partial charge in [0.25, 0.3) is 11.8 Å². The van der Waals surface area contributed by atoms with E-state index >= 15 is 0 Å². The van der Waals surface area contributed by atoms with Crippen LogP contribution in [0.4, 0.5) is 5.69 Å². The van der Waals surface area contributed by atoms with Gasteiger partial charge >= 0.3 is 0 Å². The molecule has 1 saturated heterocycles. The Morgan fingerprint density at radius 2 is 1.59 bits per heavy atom. The van der Waals surface area contributed by atoms with Crippen molar-refractivity contribution >= 4 is 17.5 Å². The SMILES string of the molecule is Cc1ccc(C(=O)N2CCc3[nH]nc(C(=O)N4CCN(c5ccccc5C)CC4)c3C2)cc1C. The fraction of sp³-hybridized carbons (Fsp3) is 0.370. The Bertz CT molecular complexity index is 1240. The highest BCUT2D eigenvalue weighted by atomic mass is 16.2. The van der Waals surface area contributed by atoms with Crippen LogP contribution in [0.5, 0.6) is 0 Å². The molecule has 2 aliphatic heterocycles. The molecule has 0 saturated carbocycles. The number of piperazine rings is 1. The number of aryl methyl sites for hydroxylation is 3. The van der Waals surface area contributed by atoms with Crippen LogP contribution in [-0.4, -0.2) is 64.5 Å². The van der Waals surface area contributed by atoms with Crippen LogP contribution in [0.15, 0.2) is 42.5 Å². The second kappa shape index (κ2) is 8.97. The zero-order valence-corrected chi connectivity index (χ0v) is 20.1. The van der Waals surface area contributed by atoms with Gasteiger partial charge in [-0.2, -0.15) is 5.10 Å². The summed E-state index contributed by atoms with van der Waals surface area (Å²) in [6.07, 6.45) is 0.674. The predicted molar refractivity (Wildman–Crippen MR) is 132 cm³/mol. The van der Waals surface area contributed by atoms with Crippen molar-refractivity contribution in [3.63, 3.8) is 0 Å². The quantitative estimate of drug-likeness (QED) is 0.654. The normalized spacial score (nSPS) is 15.9. The number of amides is 2. The van der Waals surface area contributed by atoms with E-state index in [0.717, 1.165) is 29.9 Å². The minimum Gasteiger partial charge on any atom is -0.368 e. The van der Waals surface area contributed by atoms with E-state index in [1.165, 1.54) is 16.8 Å². The first-order valence-corrected chi connectivity index (χ1v) is 11.9. The Kier molecular flexibility index (Phi) is 5.86. The minimum absolute atomic E-state index is 0.000180. The summed E-state index contributed by atoms with van der Waals surface area (Å²) in [6, 6.07) is 14.2. The highest BCUT2D eigenvalue weighted by molar-refractivity contribution is 5.96. The van der Waals surface area contributed by atoms with E-state index in [9.17, 15) is 9.59 Å². The van der Waals surface area contributed by atoms with E-state index in [4.69, 9.17) is 0 Å². The second-order valence-corrected chi connectivity index (χ2v) is 9.37. The Balaban J connectivity index is 1.28. The molecule has 2 aliphatic rings. The first kappa shape index (κ1) is 22.2. The molecule has 5 rings (SSSR count). The Morgan fingerprint density at radius 3 is 2.32 bits per heavy atom. The topological polar surface area (TPSA) is 72.5 Å². The van der Waals surface area contributed by atoms with Gasteiger partial charge in [-0.15, -0.1) is 0 Å². The van der Waals surface area contributed by atoms with Crippen LogP contribution in [0.2, 0.25) is 0 Å². The molecule has 1 aromatic heterocycles. The van der Waals surface area contributed by atoms with E-state index in [2.05, 4.69) is 40.2 Å². The summed E-state index contributed by atoms with van der Waals surface area (Å²) in [5, 5.41) is 7.45. The first-order chi connectivity index (χ1) is 16.4. The maximum absolute atomic E-state index is 13.4. The van der Waals surface area contributed by atoms with Gasteiger partial charge in [0.1, 0.15) is 0 Å². The minimum atomic E-state index is -0.0533. The van der Waals surface area contributed by atoms with Crippen molar-refractivity contribution in [2.75, 3.05) is 37.6 Å². The average molecular weight is 458 g/mol. The summed E-state index contributed by atoms with van der Waals surface area (Å²) in [6.45, 7) is 10.1. The maximum atomic E-state index is 13.4. The van der Waals surface area contributed by atoms with E-state index in [0.29, 0.717) is 43.9 Å². The van der Waals surface area contributed by atoms with Crippen molar-refractivity contribution in [1.29, 1.82) is 0 Å². The number of hydrogen-bond donors (Lipinski definition) is 1. The number of aromatic nitrogens is 2. The Morgan fingerprint density at radius 1 is 0.824 bits per heavy atom. The summed E-state index contributed by atoms with van der Waals surface area (Å²) >= 11 is 0. The number of fused-ring (bicyclic) bond motifs is 1. The van der Waals surface area contributed by atoms with E-state index < -0.39 is 0 Å². The molecule has 34 heavy (non-hydrogen) atoms. The molecule has 0 radical (unpaired) electrons. The molecule has 176 valence electrons. The largest absolute Gasteiger partial charge is 0.368 e. The van der Waals surface area contributed by atoms with E-state index in [-0.39, 0.29) is 11.8 Å². The molecule has 0 atom stereocenters. The predicted octanol–water partition coefficient (Wildman–Crippen LogP) is 3.50. The number of para-hydroxylation sites is 1. The van der Waals surface area contributed by atoms with Gasteiger partial charge < -0.3 is 14.7 Å². The third-order valence-electron chi connectivity index (χ3n) is 7.20. The van der Waals surface area contributed by atoms with Crippen LogP contribution in [0.3, 0.4) is 0 Å². The Labute approximate surface area is 200 Å². The number of anilines is 1. The summed E-state index contributed by atoms with van der Waals surface area (Å²) in [4.78, 5) is 32.6. The molecule has 3 heterocycles. The van der Waals surface area contributed by atoms with Crippen LogP contribution >= 0.6 is 0 Å². The van der Waals surface area contributed by atoms with Crippen LogP contribution in [0.1, 0.15) is 48.8 Å². The van der Waals surface area contributed by atoms with Gasteiger partial charge in [0.2, 0.25) is 0 Å². The van der Waals surface area contributed by atoms with Gasteiger partial charge in [0.05, 0.1) is 6.54 Å². The number of aromatic amines is 1. The van der Waals surface area contributed by atoms with Crippen molar-refractivity contribution in [1.82, 2.24) is 20.0 Å². The summed E-state index contributed by atoms with van der Waals surface area (Å²) in [7, 11) is 0. The number of nitrogens with zero attached hydrogens (tertiary/aromatic N) is 4. The fourth-order valence-electron chi connectivity index (χ4n) is 4.92. The third-order valence-corrected chi connectivity index (χ3v) is 7.20. The molecule has 7 nitrogen and oxygen atoms in total. The molecule has 0 spiro atoms. The lowest BCUT2D eigenvalue weighted by atomic mass is 10.0. The molecule has 1 N–H and O–H groups in total. The fourth-order valence-corrected chi connectivity index (χ4v) is 4.92. The molecule has 2 amide bonds. The molecule has 1 fully saturated rings. The van der Waals surface area contributed by atoms with Crippen LogP contribution < -0.4 is 4.90 Å². The molecule has 0 unspecified atom stereocenters. The lowest BCUT2D eigenvalue weighted by Crippen LogP contribution is -2.49. The highest BCUT2D eigenvalue weighted by Gasteiger charge is 2.31. The number of benzene rings is 2. The lowest BCUT2D eigenvalue weighted by molar-refractivity contribution is 0.0709. The van der Waals surface area contributed by atoms with Gasteiger partial charge in [0.15, 0.2) is 5.69 Å². The number of nitrogens with one attached hydrogen (secondary N) is 1. The van der Waals surface area contributed by atoms with Crippen molar-refractivity contribution < 1.29 is 9.59 Å². The van der Waals surface area contributed by atoms with E-state index in [1.54, 1.807) is 0 Å². The number of H-pyrrole nitrogens is 1. The molecular weight excluding hydrogens is 426 g/mol. The smallest absolute Gasteiger partial charge is 0.274 e. The molecule has 2 aromatic carbocycles. The molecule has 0 bridgehead atoms. The van der Waals surface area contributed by atoms with Crippen LogP contribution in [0.25, 0.3) is 0 Å². The van der Waals surface area contributed by atoms with Crippen molar-refractivity contribution in [2.24, 2.45) is 0 Å². The van der Waals surface area contributed by atoms with Gasteiger partial charge in [-0.3, -0.25) is 14.7 Å². The number of carbonyl (C=O) groups excluding carboxylic acids is 2. The highest BCUT2D eigenvalue weighted by Crippen LogP contribution is 2.25.